The number of aromatic nitrogens is 1. The topological polar surface area (TPSA) is 98.2 Å². The number of nitrogens with one attached hydrogen (secondary N) is 1. The number of hydrogen-bond acceptors (Lipinski definition) is 7. The number of carbonyl (C=O) groups is 3. The molecule has 2 aromatic rings. The van der Waals surface area contributed by atoms with Gasteiger partial charge in [0.2, 0.25) is 5.91 Å². The van der Waals surface area contributed by atoms with Crippen molar-refractivity contribution in [3.05, 3.63) is 35.8 Å². The summed E-state index contributed by atoms with van der Waals surface area (Å²) in [5.74, 6) is -0.666. The molecular weight excluding hydrogens is 404 g/mol. The number of thiazole rings is 1. The van der Waals surface area contributed by atoms with Gasteiger partial charge in [0.25, 0.3) is 5.91 Å². The van der Waals surface area contributed by atoms with E-state index in [1.165, 1.54) is 18.3 Å². The summed E-state index contributed by atoms with van der Waals surface area (Å²) in [6, 6.07) is 6.33. The summed E-state index contributed by atoms with van der Waals surface area (Å²) in [5.41, 5.74) is 0.467. The molecule has 30 heavy (non-hydrogen) atoms. The highest BCUT2D eigenvalue weighted by atomic mass is 32.1. The second-order valence-corrected chi connectivity index (χ2v) is 8.43. The van der Waals surface area contributed by atoms with Gasteiger partial charge in [-0.05, 0) is 38.1 Å². The maximum atomic E-state index is 13.0. The summed E-state index contributed by atoms with van der Waals surface area (Å²) in [5, 5.41) is 5.70. The summed E-state index contributed by atoms with van der Waals surface area (Å²) in [7, 11) is 3.04. The maximum absolute atomic E-state index is 13.0. The van der Waals surface area contributed by atoms with Crippen LogP contribution in [0.4, 0.5) is 10.5 Å². The Balaban J connectivity index is 1.51. The van der Waals surface area contributed by atoms with Crippen molar-refractivity contribution in [2.45, 2.75) is 31.6 Å². The van der Waals surface area contributed by atoms with Crippen LogP contribution in [0.2, 0.25) is 0 Å². The number of aliphatic imine (C=N–C) groups is 1. The van der Waals surface area contributed by atoms with E-state index in [-0.39, 0.29) is 11.8 Å². The average molecular weight is 427 g/mol. The van der Waals surface area contributed by atoms with Gasteiger partial charge in [0.1, 0.15) is 11.0 Å². The number of anilines is 1. The lowest BCUT2D eigenvalue weighted by atomic mass is 9.91. The molecule has 1 aromatic carbocycles. The maximum Gasteiger partial charge on any atom is 0.328 e. The van der Waals surface area contributed by atoms with E-state index in [1.54, 1.807) is 43.3 Å². The van der Waals surface area contributed by atoms with Crippen molar-refractivity contribution < 1.29 is 14.4 Å². The van der Waals surface area contributed by atoms with Crippen molar-refractivity contribution >= 4 is 41.2 Å². The zero-order valence-corrected chi connectivity index (χ0v) is 17.9. The Hall–Kier alpha value is -3.27. The zero-order chi connectivity index (χ0) is 21.6. The van der Waals surface area contributed by atoms with Crippen LogP contribution in [0.15, 0.2) is 40.8 Å². The second kappa shape index (κ2) is 7.21. The normalized spacial score (nSPS) is 24.3. The Kier molecular flexibility index (Phi) is 4.81. The fraction of sp³-hybridized carbons (Fsp3) is 0.350. The largest absolute Gasteiger partial charge is 0.333 e. The van der Waals surface area contributed by atoms with E-state index in [9.17, 15) is 14.4 Å². The van der Waals surface area contributed by atoms with Gasteiger partial charge in [-0.25, -0.2) is 14.8 Å². The molecule has 0 spiro atoms. The minimum Gasteiger partial charge on any atom is -0.333 e. The third kappa shape index (κ3) is 2.95. The van der Waals surface area contributed by atoms with Crippen molar-refractivity contribution in [2.24, 2.45) is 4.99 Å². The second-order valence-electron chi connectivity index (χ2n) is 7.53. The number of urea groups is 1. The quantitative estimate of drug-likeness (QED) is 0.807. The Morgan fingerprint density at radius 3 is 2.57 bits per heavy atom. The van der Waals surface area contributed by atoms with Crippen molar-refractivity contribution in [3.63, 3.8) is 0 Å². The highest BCUT2D eigenvalue weighted by Gasteiger charge is 2.59. The molecule has 2 aliphatic heterocycles. The molecule has 1 saturated heterocycles. The third-order valence-electron chi connectivity index (χ3n) is 5.69. The first kappa shape index (κ1) is 20.0. The standard InChI is InChI=1S/C20H22N6O3S/c1-12(15(27)23-14-7-5-13(6-8-14)16-21-9-10-30-16)26-11-22-17-20(26,2)18(28)25(4)19(29)24(17)3/h5-12,17H,1-4H3,(H,23,27). The summed E-state index contributed by atoms with van der Waals surface area (Å²) < 4.78 is 0. The Labute approximate surface area is 178 Å². The molecule has 0 bridgehead atoms. The van der Waals surface area contributed by atoms with Gasteiger partial charge in [0.15, 0.2) is 11.7 Å². The van der Waals surface area contributed by atoms with Crippen LogP contribution in [0.1, 0.15) is 13.8 Å². The lowest BCUT2D eigenvalue weighted by Gasteiger charge is -2.48. The Morgan fingerprint density at radius 2 is 1.93 bits per heavy atom. The third-order valence-corrected chi connectivity index (χ3v) is 6.52. The molecule has 156 valence electrons. The van der Waals surface area contributed by atoms with E-state index >= 15 is 0 Å². The molecule has 3 unspecified atom stereocenters. The molecule has 1 fully saturated rings. The molecule has 10 heteroatoms. The van der Waals surface area contributed by atoms with E-state index in [4.69, 9.17) is 0 Å². The summed E-state index contributed by atoms with van der Waals surface area (Å²) in [6.45, 7) is 3.42. The van der Waals surface area contributed by atoms with E-state index < -0.39 is 23.8 Å². The monoisotopic (exact) mass is 426 g/mol. The molecule has 4 amide bonds. The number of benzene rings is 1. The fourth-order valence-electron chi connectivity index (χ4n) is 3.94. The first-order valence-corrected chi connectivity index (χ1v) is 10.3. The number of nitrogens with zero attached hydrogens (tertiary/aromatic N) is 5. The molecule has 1 aromatic heterocycles. The first-order chi connectivity index (χ1) is 14.2. The van der Waals surface area contributed by atoms with Gasteiger partial charge in [0, 0.05) is 36.9 Å². The van der Waals surface area contributed by atoms with Crippen LogP contribution in [0.5, 0.6) is 0 Å². The highest BCUT2D eigenvalue weighted by molar-refractivity contribution is 7.13. The van der Waals surface area contributed by atoms with Crippen molar-refractivity contribution in [2.75, 3.05) is 19.4 Å². The fourth-order valence-corrected chi connectivity index (χ4v) is 4.58. The Morgan fingerprint density at radius 1 is 1.23 bits per heavy atom. The van der Waals surface area contributed by atoms with Gasteiger partial charge < -0.3 is 15.1 Å². The van der Waals surface area contributed by atoms with Gasteiger partial charge in [-0.15, -0.1) is 11.3 Å². The summed E-state index contributed by atoms with van der Waals surface area (Å²) >= 11 is 1.54. The van der Waals surface area contributed by atoms with Crippen molar-refractivity contribution in [1.29, 1.82) is 0 Å². The lowest BCUT2D eigenvalue weighted by Crippen LogP contribution is -2.72. The Bertz CT molecular complexity index is 1020. The van der Waals surface area contributed by atoms with Crippen LogP contribution in [0.3, 0.4) is 0 Å². The smallest absolute Gasteiger partial charge is 0.328 e. The minimum atomic E-state index is -1.15. The van der Waals surface area contributed by atoms with Gasteiger partial charge >= 0.3 is 6.03 Å². The van der Waals surface area contributed by atoms with Crippen molar-refractivity contribution in [1.82, 2.24) is 19.7 Å². The van der Waals surface area contributed by atoms with Crippen LogP contribution >= 0.6 is 11.3 Å². The van der Waals surface area contributed by atoms with E-state index in [0.29, 0.717) is 5.69 Å². The van der Waals surface area contributed by atoms with Crippen LogP contribution in [0, 0.1) is 0 Å². The molecule has 4 rings (SSSR count). The molecular formula is C20H22N6O3S. The van der Waals surface area contributed by atoms with Gasteiger partial charge in [-0.1, -0.05) is 0 Å². The van der Waals surface area contributed by atoms with Crippen molar-refractivity contribution in [3.8, 4) is 10.6 Å². The molecule has 1 N–H and O–H groups in total. The lowest BCUT2D eigenvalue weighted by molar-refractivity contribution is -0.145. The van der Waals surface area contributed by atoms with E-state index in [0.717, 1.165) is 15.5 Å². The van der Waals surface area contributed by atoms with Gasteiger partial charge in [-0.3, -0.25) is 14.5 Å². The first-order valence-electron chi connectivity index (χ1n) is 9.42. The van der Waals surface area contributed by atoms with Crippen LogP contribution in [-0.4, -0.2) is 75.7 Å². The van der Waals surface area contributed by atoms with Gasteiger partial charge in [0.05, 0.1) is 6.34 Å². The molecule has 0 aliphatic carbocycles. The molecule has 3 heterocycles. The summed E-state index contributed by atoms with van der Waals surface area (Å²) in [4.78, 5) is 50.9. The SMILES string of the molecule is CC(C(=O)Nc1ccc(-c2nccs2)cc1)N1C=NC2N(C)C(=O)N(C)C(=O)C21C. The molecule has 2 aliphatic rings. The van der Waals surface area contributed by atoms with E-state index in [1.807, 2.05) is 29.6 Å². The molecule has 0 radical (unpaired) electrons. The molecule has 9 nitrogen and oxygen atoms in total. The van der Waals surface area contributed by atoms with E-state index in [2.05, 4.69) is 15.3 Å². The van der Waals surface area contributed by atoms with Crippen LogP contribution in [-0.2, 0) is 9.59 Å². The van der Waals surface area contributed by atoms with Crippen LogP contribution in [0.25, 0.3) is 10.6 Å². The predicted molar refractivity (Wildman–Crippen MR) is 114 cm³/mol. The number of carbonyl (C=O) groups excluding carboxylic acids is 3. The number of hydrogen-bond donors (Lipinski definition) is 1. The summed E-state index contributed by atoms with van der Waals surface area (Å²) in [6.07, 6.45) is 2.56. The molecule has 3 atom stereocenters. The van der Waals surface area contributed by atoms with Gasteiger partial charge in [-0.2, -0.15) is 0 Å². The van der Waals surface area contributed by atoms with Crippen LogP contribution < -0.4 is 5.32 Å². The number of amides is 4. The average Bonchev–Trinajstić information content (AvgIpc) is 3.39. The number of likely N-dealkylation sites (N-methyl/N-ethyl adjacent to an activating group) is 2. The number of rotatable bonds is 4. The zero-order valence-electron chi connectivity index (χ0n) is 17.1. The molecule has 0 saturated carbocycles. The predicted octanol–water partition coefficient (Wildman–Crippen LogP) is 2.09. The highest BCUT2D eigenvalue weighted by Crippen LogP contribution is 2.36. The number of fused-ring (bicyclic) bond motifs is 1. The number of imide groups is 1. The minimum absolute atomic E-state index is 0.277.